The number of carbonyl (C=O) groups excluding carboxylic acids is 1. The maximum absolute atomic E-state index is 12.3. The summed E-state index contributed by atoms with van der Waals surface area (Å²) in [7, 11) is 0. The van der Waals surface area contributed by atoms with Crippen LogP contribution in [0.1, 0.15) is 24.5 Å². The summed E-state index contributed by atoms with van der Waals surface area (Å²) in [5.41, 5.74) is 0.536. The van der Waals surface area contributed by atoms with Crippen molar-refractivity contribution in [2.45, 2.75) is 19.9 Å². The van der Waals surface area contributed by atoms with Gasteiger partial charge in [-0.15, -0.1) is 0 Å². The zero-order chi connectivity index (χ0) is 13.7. The number of carboxylic acid groups (broad SMARTS) is 1. The van der Waals surface area contributed by atoms with Crippen molar-refractivity contribution in [3.8, 4) is 0 Å². The molecule has 1 aromatic carbocycles. The Bertz CT molecular complexity index is 431. The number of nitrogens with one attached hydrogen (secondary N) is 1. The molecule has 18 heavy (non-hydrogen) atoms. The number of hydrogen-bond donors (Lipinski definition) is 2. The number of carbonyl (C=O) groups is 2. The third kappa shape index (κ3) is 3.80. The number of hydrogen-bond acceptors (Lipinski definition) is 2. The predicted molar refractivity (Wildman–Crippen MR) is 60.0 cm³/mol. The van der Waals surface area contributed by atoms with Crippen LogP contribution in [-0.2, 0) is 16.1 Å². The normalized spacial score (nSPS) is 12.2. The fourth-order valence-corrected chi connectivity index (χ4v) is 1.24. The minimum Gasteiger partial charge on any atom is -0.481 e. The van der Waals surface area contributed by atoms with E-state index in [9.17, 15) is 18.4 Å². The van der Waals surface area contributed by atoms with Crippen LogP contribution in [0.4, 0.5) is 8.78 Å². The molecule has 1 aromatic rings. The van der Waals surface area contributed by atoms with Gasteiger partial charge in [0.15, 0.2) is 0 Å². The van der Waals surface area contributed by atoms with Gasteiger partial charge in [0, 0.05) is 12.1 Å². The maximum atomic E-state index is 12.3. The van der Waals surface area contributed by atoms with E-state index in [0.717, 1.165) is 0 Å². The number of benzene rings is 1. The van der Waals surface area contributed by atoms with Gasteiger partial charge >= 0.3 is 5.97 Å². The average molecular weight is 257 g/mol. The van der Waals surface area contributed by atoms with E-state index in [1.54, 1.807) is 0 Å². The van der Waals surface area contributed by atoms with E-state index in [0.29, 0.717) is 5.56 Å². The van der Waals surface area contributed by atoms with E-state index in [-0.39, 0.29) is 12.1 Å². The number of rotatable bonds is 5. The number of aliphatic carboxylic acids is 1. The minimum absolute atomic E-state index is 0.0935. The molecule has 0 saturated heterocycles. The van der Waals surface area contributed by atoms with Gasteiger partial charge in [0.2, 0.25) is 5.91 Å². The number of amides is 1. The first-order valence-electron chi connectivity index (χ1n) is 5.29. The second-order valence-corrected chi connectivity index (χ2v) is 3.82. The van der Waals surface area contributed by atoms with Crippen molar-refractivity contribution in [2.75, 3.05) is 0 Å². The first-order valence-corrected chi connectivity index (χ1v) is 5.29. The molecule has 0 radical (unpaired) electrons. The summed E-state index contributed by atoms with van der Waals surface area (Å²) in [6.45, 7) is 1.39. The lowest BCUT2D eigenvalue weighted by Crippen LogP contribution is -2.33. The Hall–Kier alpha value is -1.98. The summed E-state index contributed by atoms with van der Waals surface area (Å²) < 4.78 is 24.5. The monoisotopic (exact) mass is 257 g/mol. The van der Waals surface area contributed by atoms with E-state index >= 15 is 0 Å². The smallest absolute Gasteiger partial charge is 0.315 e. The Morgan fingerprint density at radius 2 is 1.83 bits per heavy atom. The summed E-state index contributed by atoms with van der Waals surface area (Å²) in [6, 6.07) is 5.47. The van der Waals surface area contributed by atoms with Gasteiger partial charge in [-0.1, -0.05) is 24.3 Å². The van der Waals surface area contributed by atoms with Crippen LogP contribution >= 0.6 is 0 Å². The first-order chi connectivity index (χ1) is 8.41. The standard InChI is InChI=1S/C12H13F2NO3/c1-7(12(17)18)11(16)15-6-8-2-4-9(5-3-8)10(13)14/h2-5,7,10H,6H2,1H3,(H,15,16)(H,17,18). The maximum Gasteiger partial charge on any atom is 0.315 e. The lowest BCUT2D eigenvalue weighted by atomic mass is 10.1. The molecule has 0 aliphatic rings. The SMILES string of the molecule is CC(C(=O)O)C(=O)NCc1ccc(C(F)F)cc1. The van der Waals surface area contributed by atoms with Crippen LogP contribution in [0.2, 0.25) is 0 Å². The molecule has 0 aliphatic heterocycles. The van der Waals surface area contributed by atoms with Crippen LogP contribution in [0, 0.1) is 5.92 Å². The molecule has 0 fully saturated rings. The van der Waals surface area contributed by atoms with Gasteiger partial charge in [-0.25, -0.2) is 8.78 Å². The Morgan fingerprint density at radius 1 is 1.28 bits per heavy atom. The molecule has 2 N–H and O–H groups in total. The van der Waals surface area contributed by atoms with Gasteiger partial charge in [0.25, 0.3) is 6.43 Å². The third-order valence-electron chi connectivity index (χ3n) is 2.46. The van der Waals surface area contributed by atoms with Crippen LogP contribution in [-0.4, -0.2) is 17.0 Å². The highest BCUT2D eigenvalue weighted by Crippen LogP contribution is 2.18. The lowest BCUT2D eigenvalue weighted by molar-refractivity contribution is -0.146. The Morgan fingerprint density at radius 3 is 2.28 bits per heavy atom. The molecule has 1 amide bonds. The lowest BCUT2D eigenvalue weighted by Gasteiger charge is -2.08. The van der Waals surface area contributed by atoms with Crippen molar-refractivity contribution < 1.29 is 23.5 Å². The zero-order valence-corrected chi connectivity index (χ0v) is 9.69. The second-order valence-electron chi connectivity index (χ2n) is 3.82. The summed E-state index contributed by atoms with van der Waals surface area (Å²) in [5.74, 6) is -2.95. The van der Waals surface area contributed by atoms with Crippen molar-refractivity contribution >= 4 is 11.9 Å². The van der Waals surface area contributed by atoms with E-state index in [1.165, 1.54) is 31.2 Å². The van der Waals surface area contributed by atoms with Crippen LogP contribution < -0.4 is 5.32 Å². The molecule has 4 nitrogen and oxygen atoms in total. The fourth-order valence-electron chi connectivity index (χ4n) is 1.24. The topological polar surface area (TPSA) is 66.4 Å². The molecule has 0 aromatic heterocycles. The Balaban J connectivity index is 2.54. The fraction of sp³-hybridized carbons (Fsp3) is 0.333. The average Bonchev–Trinajstić information content (AvgIpc) is 2.35. The van der Waals surface area contributed by atoms with Crippen LogP contribution in [0.3, 0.4) is 0 Å². The van der Waals surface area contributed by atoms with Crippen LogP contribution in [0.5, 0.6) is 0 Å². The Kier molecular flexibility index (Phi) is 4.76. The summed E-state index contributed by atoms with van der Waals surface area (Å²) in [5, 5.41) is 11.0. The third-order valence-corrected chi connectivity index (χ3v) is 2.46. The molecule has 1 rings (SSSR count). The number of halogens is 2. The predicted octanol–water partition coefficient (Wildman–Crippen LogP) is 1.96. The molecular weight excluding hydrogens is 244 g/mol. The van der Waals surface area contributed by atoms with Crippen molar-refractivity contribution in [3.05, 3.63) is 35.4 Å². The highest BCUT2D eigenvalue weighted by molar-refractivity contribution is 5.96. The summed E-state index contributed by atoms with van der Waals surface area (Å²) >= 11 is 0. The summed E-state index contributed by atoms with van der Waals surface area (Å²) in [4.78, 5) is 21.8. The van der Waals surface area contributed by atoms with Crippen molar-refractivity contribution in [1.82, 2.24) is 5.32 Å². The highest BCUT2D eigenvalue weighted by atomic mass is 19.3. The molecule has 0 heterocycles. The Labute approximate surface area is 103 Å². The van der Waals surface area contributed by atoms with E-state index in [2.05, 4.69) is 5.32 Å². The quantitative estimate of drug-likeness (QED) is 0.792. The molecule has 0 bridgehead atoms. The minimum atomic E-state index is -2.53. The molecule has 6 heteroatoms. The highest BCUT2D eigenvalue weighted by Gasteiger charge is 2.19. The van der Waals surface area contributed by atoms with Gasteiger partial charge in [-0.2, -0.15) is 0 Å². The molecular formula is C12H13F2NO3. The van der Waals surface area contributed by atoms with Crippen molar-refractivity contribution in [3.63, 3.8) is 0 Å². The van der Waals surface area contributed by atoms with Crippen molar-refractivity contribution in [1.29, 1.82) is 0 Å². The first kappa shape index (κ1) is 14.1. The molecule has 0 aliphatic carbocycles. The van der Waals surface area contributed by atoms with Gasteiger partial charge in [0.1, 0.15) is 5.92 Å². The van der Waals surface area contributed by atoms with E-state index in [1.807, 2.05) is 0 Å². The van der Waals surface area contributed by atoms with Gasteiger partial charge < -0.3 is 10.4 Å². The molecule has 0 spiro atoms. The number of carboxylic acids is 1. The van der Waals surface area contributed by atoms with E-state index in [4.69, 9.17) is 5.11 Å². The number of alkyl halides is 2. The molecule has 1 atom stereocenters. The zero-order valence-electron chi connectivity index (χ0n) is 9.69. The molecule has 0 saturated carbocycles. The molecule has 1 unspecified atom stereocenters. The van der Waals surface area contributed by atoms with Crippen molar-refractivity contribution in [2.24, 2.45) is 5.92 Å². The van der Waals surface area contributed by atoms with Gasteiger partial charge in [-0.05, 0) is 12.5 Å². The van der Waals surface area contributed by atoms with Gasteiger partial charge in [0.05, 0.1) is 0 Å². The van der Waals surface area contributed by atoms with Crippen LogP contribution in [0.15, 0.2) is 24.3 Å². The van der Waals surface area contributed by atoms with Crippen LogP contribution in [0.25, 0.3) is 0 Å². The molecule has 98 valence electrons. The largest absolute Gasteiger partial charge is 0.481 e. The summed E-state index contributed by atoms with van der Waals surface area (Å²) in [6.07, 6.45) is -2.53. The van der Waals surface area contributed by atoms with Gasteiger partial charge in [-0.3, -0.25) is 9.59 Å². The van der Waals surface area contributed by atoms with E-state index < -0.39 is 24.2 Å². The second kappa shape index (κ2) is 6.09.